The van der Waals surface area contributed by atoms with Crippen molar-refractivity contribution >= 4 is 21.6 Å². The largest absolute Gasteiger partial charge is 0.486 e. The monoisotopic (exact) mass is 299 g/mol. The summed E-state index contributed by atoms with van der Waals surface area (Å²) < 4.78 is 6.93. The first-order valence-corrected chi connectivity index (χ1v) is 7.83. The van der Waals surface area contributed by atoms with Crippen molar-refractivity contribution in [3.05, 3.63) is 59.1 Å². The van der Waals surface area contributed by atoms with Crippen molar-refractivity contribution in [1.29, 1.82) is 0 Å². The number of aromatic nitrogens is 1. The summed E-state index contributed by atoms with van der Waals surface area (Å²) in [4.78, 5) is 4.54. The van der Waals surface area contributed by atoms with Crippen molar-refractivity contribution in [2.24, 2.45) is 0 Å². The molecule has 1 heterocycles. The van der Waals surface area contributed by atoms with E-state index >= 15 is 0 Å². The molecule has 21 heavy (non-hydrogen) atoms. The number of fused-ring (bicyclic) bond motifs is 1. The molecule has 1 aromatic heterocycles. The second-order valence-electron chi connectivity index (χ2n) is 4.86. The lowest BCUT2D eigenvalue weighted by Crippen LogP contribution is -1.97. The maximum atomic E-state index is 9.76. The van der Waals surface area contributed by atoms with E-state index in [-0.39, 0.29) is 0 Å². The Hall–Kier alpha value is -1.91. The van der Waals surface area contributed by atoms with E-state index in [1.54, 1.807) is 11.3 Å². The Kier molecular flexibility index (Phi) is 4.18. The summed E-state index contributed by atoms with van der Waals surface area (Å²) in [6.45, 7) is 2.43. The number of benzene rings is 2. The molecule has 108 valence electrons. The van der Waals surface area contributed by atoms with Gasteiger partial charge in [-0.15, -0.1) is 11.3 Å². The van der Waals surface area contributed by atoms with Crippen molar-refractivity contribution in [2.75, 3.05) is 0 Å². The minimum absolute atomic E-state index is 0.400. The van der Waals surface area contributed by atoms with E-state index in [0.29, 0.717) is 13.0 Å². The number of aliphatic hydroxyl groups is 1. The summed E-state index contributed by atoms with van der Waals surface area (Å²) in [5.74, 6) is 0.793. The van der Waals surface area contributed by atoms with E-state index in [4.69, 9.17) is 4.74 Å². The summed E-state index contributed by atoms with van der Waals surface area (Å²) >= 11 is 1.65. The van der Waals surface area contributed by atoms with E-state index in [0.717, 1.165) is 21.8 Å². The van der Waals surface area contributed by atoms with Gasteiger partial charge in [0.1, 0.15) is 17.4 Å². The average molecular weight is 299 g/mol. The molecule has 1 N–H and O–H groups in total. The van der Waals surface area contributed by atoms with Gasteiger partial charge in [-0.05, 0) is 36.2 Å². The molecule has 0 aliphatic carbocycles. The highest BCUT2D eigenvalue weighted by atomic mass is 32.1. The van der Waals surface area contributed by atoms with Crippen molar-refractivity contribution in [1.82, 2.24) is 4.98 Å². The lowest BCUT2D eigenvalue weighted by atomic mass is 10.1. The zero-order valence-corrected chi connectivity index (χ0v) is 12.6. The Morgan fingerprint density at radius 3 is 2.62 bits per heavy atom. The summed E-state index contributed by atoms with van der Waals surface area (Å²) in [7, 11) is 0. The Bertz CT molecular complexity index is 688. The fourth-order valence-corrected chi connectivity index (χ4v) is 3.03. The van der Waals surface area contributed by atoms with Crippen LogP contribution in [-0.2, 0) is 6.61 Å². The molecule has 0 aliphatic heterocycles. The number of hydrogen-bond donors (Lipinski definition) is 1. The number of thiazole rings is 1. The minimum atomic E-state index is -0.400. The molecule has 2 aromatic carbocycles. The van der Waals surface area contributed by atoms with Gasteiger partial charge in [0.05, 0.1) is 16.3 Å². The van der Waals surface area contributed by atoms with Gasteiger partial charge in [-0.3, -0.25) is 0 Å². The molecular formula is C17H17NO2S. The predicted octanol–water partition coefficient (Wildman–Crippen LogP) is 4.32. The lowest BCUT2D eigenvalue weighted by molar-refractivity contribution is 0.173. The van der Waals surface area contributed by atoms with Gasteiger partial charge in [-0.1, -0.05) is 31.2 Å². The van der Waals surface area contributed by atoms with Gasteiger partial charge in [0.2, 0.25) is 0 Å². The summed E-state index contributed by atoms with van der Waals surface area (Å²) in [5.41, 5.74) is 1.94. The maximum absolute atomic E-state index is 9.76. The van der Waals surface area contributed by atoms with Crippen LogP contribution in [0.2, 0.25) is 0 Å². The van der Waals surface area contributed by atoms with Crippen molar-refractivity contribution in [3.8, 4) is 5.75 Å². The van der Waals surface area contributed by atoms with Crippen molar-refractivity contribution in [2.45, 2.75) is 26.1 Å². The van der Waals surface area contributed by atoms with Crippen molar-refractivity contribution in [3.63, 3.8) is 0 Å². The average Bonchev–Trinajstić information content (AvgIpc) is 2.95. The molecule has 0 spiro atoms. The molecule has 0 aliphatic rings. The second-order valence-corrected chi connectivity index (χ2v) is 5.97. The first kappa shape index (κ1) is 14.0. The minimum Gasteiger partial charge on any atom is -0.486 e. The van der Waals surface area contributed by atoms with E-state index < -0.39 is 6.10 Å². The number of rotatable bonds is 5. The fraction of sp³-hybridized carbons (Fsp3) is 0.235. The quantitative estimate of drug-likeness (QED) is 0.763. The van der Waals surface area contributed by atoms with Crippen LogP contribution in [0.4, 0.5) is 0 Å². The maximum Gasteiger partial charge on any atom is 0.140 e. The first-order valence-electron chi connectivity index (χ1n) is 7.01. The third-order valence-electron chi connectivity index (χ3n) is 3.35. The number of ether oxygens (including phenoxy) is 1. The molecule has 3 aromatic rings. The highest BCUT2D eigenvalue weighted by Gasteiger charge is 2.06. The van der Waals surface area contributed by atoms with Crippen LogP contribution in [-0.4, -0.2) is 10.1 Å². The molecule has 0 unspecified atom stereocenters. The standard InChI is InChI=1S/C17H17NO2S/c1-2-15(19)12-7-9-13(10-8-12)20-11-17-18-14-5-3-4-6-16(14)21-17/h3-10,15,19H,2,11H2,1H3/t15-/m0/s1. The summed E-state index contributed by atoms with van der Waals surface area (Å²) in [6.07, 6.45) is 0.314. The second kappa shape index (κ2) is 6.24. The van der Waals surface area contributed by atoms with Crippen LogP contribution < -0.4 is 4.74 Å². The van der Waals surface area contributed by atoms with Crippen LogP contribution in [0, 0.1) is 0 Å². The third-order valence-corrected chi connectivity index (χ3v) is 4.36. The summed E-state index contributed by atoms with van der Waals surface area (Å²) in [5, 5.41) is 10.7. The highest BCUT2D eigenvalue weighted by molar-refractivity contribution is 7.18. The van der Waals surface area contributed by atoms with E-state index in [9.17, 15) is 5.11 Å². The molecule has 1 atom stereocenters. The van der Waals surface area contributed by atoms with E-state index in [2.05, 4.69) is 11.1 Å². The van der Waals surface area contributed by atoms with Gasteiger partial charge in [-0.25, -0.2) is 4.98 Å². The van der Waals surface area contributed by atoms with Crippen LogP contribution in [0.3, 0.4) is 0 Å². The van der Waals surface area contributed by atoms with Crippen LogP contribution in [0.1, 0.15) is 30.0 Å². The van der Waals surface area contributed by atoms with Crippen LogP contribution in [0.25, 0.3) is 10.2 Å². The van der Waals surface area contributed by atoms with Crippen LogP contribution >= 0.6 is 11.3 Å². The molecule has 0 amide bonds. The Balaban J connectivity index is 1.67. The number of hydrogen-bond acceptors (Lipinski definition) is 4. The molecule has 3 rings (SSSR count). The number of para-hydroxylation sites is 1. The first-order chi connectivity index (χ1) is 10.3. The molecule has 0 saturated carbocycles. The van der Waals surface area contributed by atoms with E-state index in [1.165, 1.54) is 4.70 Å². The van der Waals surface area contributed by atoms with Crippen molar-refractivity contribution < 1.29 is 9.84 Å². The smallest absolute Gasteiger partial charge is 0.140 e. The number of nitrogens with zero attached hydrogens (tertiary/aromatic N) is 1. The van der Waals surface area contributed by atoms with Gasteiger partial charge in [0.15, 0.2) is 0 Å². The zero-order chi connectivity index (χ0) is 14.7. The Morgan fingerprint density at radius 1 is 1.14 bits per heavy atom. The van der Waals surface area contributed by atoms with Gasteiger partial charge in [0, 0.05) is 0 Å². The van der Waals surface area contributed by atoms with Crippen LogP contribution in [0.5, 0.6) is 5.75 Å². The summed E-state index contributed by atoms with van der Waals surface area (Å²) in [6, 6.07) is 15.7. The van der Waals surface area contributed by atoms with E-state index in [1.807, 2.05) is 49.4 Å². The molecule has 0 radical (unpaired) electrons. The fourth-order valence-electron chi connectivity index (χ4n) is 2.15. The van der Waals surface area contributed by atoms with Gasteiger partial charge in [0.25, 0.3) is 0 Å². The highest BCUT2D eigenvalue weighted by Crippen LogP contribution is 2.24. The topological polar surface area (TPSA) is 42.4 Å². The Morgan fingerprint density at radius 2 is 1.90 bits per heavy atom. The molecule has 0 bridgehead atoms. The van der Waals surface area contributed by atoms with Crippen LogP contribution in [0.15, 0.2) is 48.5 Å². The molecule has 0 fully saturated rings. The normalized spacial score (nSPS) is 12.5. The molecule has 3 nitrogen and oxygen atoms in total. The lowest BCUT2D eigenvalue weighted by Gasteiger charge is -2.09. The van der Waals surface area contributed by atoms with Gasteiger partial charge < -0.3 is 9.84 Å². The molecule has 4 heteroatoms. The third kappa shape index (κ3) is 3.23. The Labute approximate surface area is 127 Å². The molecule has 0 saturated heterocycles. The van der Waals surface area contributed by atoms with Gasteiger partial charge >= 0.3 is 0 Å². The predicted molar refractivity (Wildman–Crippen MR) is 85.6 cm³/mol. The number of aliphatic hydroxyl groups excluding tert-OH is 1. The molecular weight excluding hydrogens is 282 g/mol. The van der Waals surface area contributed by atoms with Gasteiger partial charge in [-0.2, -0.15) is 0 Å². The SMILES string of the molecule is CC[C@H](O)c1ccc(OCc2nc3ccccc3s2)cc1. The zero-order valence-electron chi connectivity index (χ0n) is 11.8.